The lowest BCUT2D eigenvalue weighted by molar-refractivity contribution is 1.15. The van der Waals surface area contributed by atoms with Crippen molar-refractivity contribution in [2.45, 2.75) is 6.54 Å². The Morgan fingerprint density at radius 2 is 1.67 bits per heavy atom. The van der Waals surface area contributed by atoms with E-state index >= 15 is 0 Å². The second-order valence-corrected chi connectivity index (χ2v) is 5.83. The average Bonchev–Trinajstić information content (AvgIpc) is 2.34. The molecule has 0 spiro atoms. The molecule has 2 aromatic carbocycles. The Morgan fingerprint density at radius 3 is 2.39 bits per heavy atom. The first-order valence-electron chi connectivity index (χ1n) is 5.19. The van der Waals surface area contributed by atoms with Crippen molar-refractivity contribution >= 4 is 56.4 Å². The van der Waals surface area contributed by atoms with Crippen LogP contribution in [0.25, 0.3) is 0 Å². The molecule has 0 aliphatic carbocycles. The van der Waals surface area contributed by atoms with Gasteiger partial charge in [-0.25, -0.2) is 0 Å². The minimum absolute atomic E-state index is 0.646. The number of hydrogen-bond donors (Lipinski definition) is 1. The number of hydrogen-bond acceptors (Lipinski definition) is 1. The third-order valence-electron chi connectivity index (χ3n) is 2.40. The fourth-order valence-corrected chi connectivity index (χ4v) is 2.38. The topological polar surface area (TPSA) is 12.0 Å². The Bertz CT molecular complexity index is 572. The molecule has 2 aromatic rings. The Hall–Kier alpha value is -0.410. The normalized spacial score (nSPS) is 10.4. The Balaban J connectivity index is 2.11. The van der Waals surface area contributed by atoms with Crippen molar-refractivity contribution in [3.63, 3.8) is 0 Å². The smallest absolute Gasteiger partial charge is 0.0638 e. The Morgan fingerprint density at radius 1 is 0.944 bits per heavy atom. The molecule has 1 N–H and O–H groups in total. The molecule has 0 saturated heterocycles. The van der Waals surface area contributed by atoms with Crippen LogP contribution in [0.4, 0.5) is 5.69 Å². The molecule has 0 aromatic heterocycles. The van der Waals surface area contributed by atoms with E-state index in [1.54, 1.807) is 18.2 Å². The molecule has 1 nitrogen and oxygen atoms in total. The molecule has 18 heavy (non-hydrogen) atoms. The standard InChI is InChI=1S/C13H9BrCl3N/c14-10-5-8(1-3-11(10)16)7-18-13-6-9(15)2-4-12(13)17/h1-6,18H,7H2. The van der Waals surface area contributed by atoms with E-state index < -0.39 is 0 Å². The summed E-state index contributed by atoms with van der Waals surface area (Å²) in [6, 6.07) is 11.1. The highest BCUT2D eigenvalue weighted by Gasteiger charge is 2.02. The Labute approximate surface area is 129 Å². The molecule has 0 aliphatic heterocycles. The highest BCUT2D eigenvalue weighted by atomic mass is 79.9. The third-order valence-corrected chi connectivity index (χ3v) is 4.17. The minimum Gasteiger partial charge on any atom is -0.380 e. The largest absolute Gasteiger partial charge is 0.380 e. The molecular formula is C13H9BrCl3N. The van der Waals surface area contributed by atoms with Gasteiger partial charge in [-0.3, -0.25) is 0 Å². The van der Waals surface area contributed by atoms with Crippen molar-refractivity contribution in [2.24, 2.45) is 0 Å². The van der Waals surface area contributed by atoms with E-state index in [0.717, 1.165) is 15.7 Å². The molecule has 0 saturated carbocycles. The highest BCUT2D eigenvalue weighted by Crippen LogP contribution is 2.27. The summed E-state index contributed by atoms with van der Waals surface area (Å²) in [5.41, 5.74) is 1.91. The maximum Gasteiger partial charge on any atom is 0.0638 e. The summed E-state index contributed by atoms with van der Waals surface area (Å²) in [4.78, 5) is 0. The molecule has 2 rings (SSSR count). The van der Waals surface area contributed by atoms with Gasteiger partial charge in [0.1, 0.15) is 0 Å². The molecule has 0 aliphatic rings. The second-order valence-electron chi connectivity index (χ2n) is 3.73. The SMILES string of the molecule is Clc1ccc(Cl)c(NCc2ccc(Cl)c(Br)c2)c1. The van der Waals surface area contributed by atoms with Crippen molar-refractivity contribution in [1.29, 1.82) is 0 Å². The molecule has 0 bridgehead atoms. The van der Waals surface area contributed by atoms with Crippen molar-refractivity contribution in [3.8, 4) is 0 Å². The van der Waals surface area contributed by atoms with E-state index in [9.17, 15) is 0 Å². The van der Waals surface area contributed by atoms with Gasteiger partial charge in [0.25, 0.3) is 0 Å². The third kappa shape index (κ3) is 3.55. The van der Waals surface area contributed by atoms with Crippen LogP contribution in [-0.4, -0.2) is 0 Å². The van der Waals surface area contributed by atoms with Gasteiger partial charge < -0.3 is 5.32 Å². The highest BCUT2D eigenvalue weighted by molar-refractivity contribution is 9.10. The summed E-state index contributed by atoms with van der Waals surface area (Å²) in [5, 5.41) is 5.23. The predicted octanol–water partition coefficient (Wildman–Crippen LogP) is 6.02. The van der Waals surface area contributed by atoms with Gasteiger partial charge in [0, 0.05) is 16.0 Å². The lowest BCUT2D eigenvalue weighted by atomic mass is 10.2. The first kappa shape index (κ1) is 14.0. The number of nitrogens with one attached hydrogen (secondary N) is 1. The lowest BCUT2D eigenvalue weighted by Crippen LogP contribution is -1.99. The van der Waals surface area contributed by atoms with E-state index in [-0.39, 0.29) is 0 Å². The molecule has 94 valence electrons. The minimum atomic E-state index is 0.646. The van der Waals surface area contributed by atoms with E-state index in [2.05, 4.69) is 21.2 Å². The first-order chi connectivity index (χ1) is 8.56. The van der Waals surface area contributed by atoms with Crippen LogP contribution in [-0.2, 0) is 6.54 Å². The maximum absolute atomic E-state index is 6.07. The van der Waals surface area contributed by atoms with Crippen LogP contribution < -0.4 is 5.32 Å². The molecule has 0 heterocycles. The van der Waals surface area contributed by atoms with Crippen LogP contribution >= 0.6 is 50.7 Å². The summed E-state index contributed by atoms with van der Waals surface area (Å²) in [5.74, 6) is 0. The monoisotopic (exact) mass is 363 g/mol. The van der Waals surface area contributed by atoms with Crippen molar-refractivity contribution in [3.05, 3.63) is 61.5 Å². The molecular weight excluding hydrogens is 356 g/mol. The summed E-state index contributed by atoms with van der Waals surface area (Å²) in [7, 11) is 0. The molecule has 0 atom stereocenters. The lowest BCUT2D eigenvalue weighted by Gasteiger charge is -2.09. The van der Waals surface area contributed by atoms with Gasteiger partial charge in [0.05, 0.1) is 15.7 Å². The zero-order valence-corrected chi connectivity index (χ0v) is 13.0. The number of rotatable bonds is 3. The average molecular weight is 365 g/mol. The summed E-state index contributed by atoms with van der Waals surface area (Å²) in [6.07, 6.45) is 0. The number of halogens is 4. The zero-order valence-electron chi connectivity index (χ0n) is 9.18. The van der Waals surface area contributed by atoms with Crippen LogP contribution in [0, 0.1) is 0 Å². The molecule has 0 fully saturated rings. The van der Waals surface area contributed by atoms with Crippen molar-refractivity contribution in [1.82, 2.24) is 0 Å². The molecule has 5 heteroatoms. The number of benzene rings is 2. The fourth-order valence-electron chi connectivity index (χ4n) is 1.48. The van der Waals surface area contributed by atoms with Crippen LogP contribution in [0.1, 0.15) is 5.56 Å². The summed E-state index contributed by atoms with van der Waals surface area (Å²) >= 11 is 21.3. The van der Waals surface area contributed by atoms with Gasteiger partial charge in [-0.1, -0.05) is 40.9 Å². The zero-order chi connectivity index (χ0) is 13.1. The van der Waals surface area contributed by atoms with Gasteiger partial charge in [-0.2, -0.15) is 0 Å². The van der Waals surface area contributed by atoms with E-state index in [0.29, 0.717) is 21.6 Å². The van der Waals surface area contributed by atoms with Crippen molar-refractivity contribution in [2.75, 3.05) is 5.32 Å². The predicted molar refractivity (Wildman–Crippen MR) is 82.9 cm³/mol. The summed E-state index contributed by atoms with van der Waals surface area (Å²) < 4.78 is 0.876. The van der Waals surface area contributed by atoms with Gasteiger partial charge in [-0.05, 0) is 51.8 Å². The van der Waals surface area contributed by atoms with Crippen LogP contribution in [0.2, 0.25) is 15.1 Å². The van der Waals surface area contributed by atoms with Gasteiger partial charge in [0.15, 0.2) is 0 Å². The van der Waals surface area contributed by atoms with E-state index in [4.69, 9.17) is 34.8 Å². The molecule has 0 amide bonds. The first-order valence-corrected chi connectivity index (χ1v) is 7.12. The second kappa shape index (κ2) is 6.16. The summed E-state index contributed by atoms with van der Waals surface area (Å²) in [6.45, 7) is 0.649. The van der Waals surface area contributed by atoms with Crippen molar-refractivity contribution < 1.29 is 0 Å². The van der Waals surface area contributed by atoms with Gasteiger partial charge in [0.2, 0.25) is 0 Å². The Kier molecular flexibility index (Phi) is 4.79. The van der Waals surface area contributed by atoms with E-state index in [1.807, 2.05) is 18.2 Å². The van der Waals surface area contributed by atoms with Crippen LogP contribution in [0.15, 0.2) is 40.9 Å². The maximum atomic E-state index is 6.07. The van der Waals surface area contributed by atoms with Gasteiger partial charge >= 0.3 is 0 Å². The molecule has 0 unspecified atom stereocenters. The molecule has 0 radical (unpaired) electrons. The van der Waals surface area contributed by atoms with Gasteiger partial charge in [-0.15, -0.1) is 0 Å². The van der Waals surface area contributed by atoms with Crippen LogP contribution in [0.3, 0.4) is 0 Å². The fraction of sp³-hybridized carbons (Fsp3) is 0.0769. The van der Waals surface area contributed by atoms with Crippen LogP contribution in [0.5, 0.6) is 0 Å². The quantitative estimate of drug-likeness (QED) is 0.701. The number of anilines is 1. The van der Waals surface area contributed by atoms with E-state index in [1.165, 1.54) is 0 Å².